The van der Waals surface area contributed by atoms with E-state index in [4.69, 9.17) is 19.3 Å². The Morgan fingerprint density at radius 1 is 1.42 bits per heavy atom. The topological polar surface area (TPSA) is 113 Å². The zero-order chi connectivity index (χ0) is 18.1. The van der Waals surface area contributed by atoms with Crippen LogP contribution in [0.5, 0.6) is 11.5 Å². The summed E-state index contributed by atoms with van der Waals surface area (Å²) >= 11 is 0. The molecule has 7 nitrogen and oxygen atoms in total. The molecular formula is C16H21O7P. The quantitative estimate of drug-likeness (QED) is 0.407. The van der Waals surface area contributed by atoms with E-state index >= 15 is 0 Å². The number of methoxy groups -OCH3 is 1. The molecule has 132 valence electrons. The smallest absolute Gasteiger partial charge is 0.342 e. The van der Waals surface area contributed by atoms with Crippen molar-refractivity contribution in [3.63, 3.8) is 0 Å². The average Bonchev–Trinajstić information content (AvgIpc) is 2.89. The Kier molecular flexibility index (Phi) is 5.38. The van der Waals surface area contributed by atoms with Gasteiger partial charge in [-0.2, -0.15) is 0 Å². The number of fused-ring (bicyclic) bond motifs is 1. The number of carbonyl (C=O) groups is 1. The third-order valence-electron chi connectivity index (χ3n) is 4.10. The van der Waals surface area contributed by atoms with Gasteiger partial charge >= 0.3 is 13.6 Å². The van der Waals surface area contributed by atoms with Crippen molar-refractivity contribution < 1.29 is 33.7 Å². The summed E-state index contributed by atoms with van der Waals surface area (Å²) in [6, 6.07) is 0. The van der Waals surface area contributed by atoms with Crippen molar-refractivity contribution in [1.82, 2.24) is 0 Å². The maximum Gasteiger partial charge on any atom is 0.342 e. The van der Waals surface area contributed by atoms with Crippen LogP contribution in [-0.4, -0.2) is 34.1 Å². The van der Waals surface area contributed by atoms with E-state index in [1.807, 2.05) is 0 Å². The Balaban J connectivity index is 2.34. The summed E-state index contributed by atoms with van der Waals surface area (Å²) in [5, 5.41) is 10.5. The number of cyclic esters (lactones) is 1. The molecule has 0 aromatic heterocycles. The SMILES string of the molecule is COc1c(C)c2c(c(O)c1C/C=C(\C)CCP(=O)(O)O)C(=O)OC2. The monoisotopic (exact) mass is 356 g/mol. The zero-order valence-corrected chi connectivity index (χ0v) is 14.7. The minimum absolute atomic E-state index is 0.112. The lowest BCUT2D eigenvalue weighted by molar-refractivity contribution is 0.0533. The maximum atomic E-state index is 11.8. The van der Waals surface area contributed by atoms with Gasteiger partial charge in [0.05, 0.1) is 13.3 Å². The summed E-state index contributed by atoms with van der Waals surface area (Å²) in [5.74, 6) is -0.228. The Morgan fingerprint density at radius 3 is 2.67 bits per heavy atom. The van der Waals surface area contributed by atoms with Crippen LogP contribution >= 0.6 is 7.60 Å². The summed E-state index contributed by atoms with van der Waals surface area (Å²) in [6.07, 6.45) is 2.07. The predicted molar refractivity (Wildman–Crippen MR) is 87.5 cm³/mol. The number of hydrogen-bond donors (Lipinski definition) is 3. The Hall–Kier alpha value is -1.82. The van der Waals surface area contributed by atoms with Crippen LogP contribution in [0.15, 0.2) is 11.6 Å². The van der Waals surface area contributed by atoms with Crippen LogP contribution in [0.4, 0.5) is 0 Å². The van der Waals surface area contributed by atoms with Gasteiger partial charge in [0.1, 0.15) is 23.7 Å². The second-order valence-corrected chi connectivity index (χ2v) is 7.58. The maximum absolute atomic E-state index is 11.8. The lowest BCUT2D eigenvalue weighted by atomic mass is 9.95. The molecule has 0 saturated heterocycles. The first-order chi connectivity index (χ1) is 11.2. The summed E-state index contributed by atoms with van der Waals surface area (Å²) in [7, 11) is -2.56. The molecule has 0 aliphatic carbocycles. The number of hydrogen-bond acceptors (Lipinski definition) is 5. The third kappa shape index (κ3) is 3.80. The van der Waals surface area contributed by atoms with Crippen LogP contribution in [0.25, 0.3) is 0 Å². The molecule has 0 atom stereocenters. The van der Waals surface area contributed by atoms with Crippen LogP contribution < -0.4 is 4.74 Å². The zero-order valence-electron chi connectivity index (χ0n) is 13.8. The molecule has 0 fully saturated rings. The molecule has 8 heteroatoms. The largest absolute Gasteiger partial charge is 0.507 e. The standard InChI is InChI=1S/C16H21O7P/c1-9(6-7-24(19,20)21)4-5-11-14(17)13-12(8-23-16(13)18)10(2)15(11)22-3/h4,17H,5-8H2,1-3H3,(H2,19,20,21)/b9-4+. The van der Waals surface area contributed by atoms with Crippen molar-refractivity contribution in [3.8, 4) is 11.5 Å². The molecule has 0 spiro atoms. The number of esters is 1. The number of aromatic hydroxyl groups is 1. The van der Waals surface area contributed by atoms with Crippen LogP contribution in [0.2, 0.25) is 0 Å². The molecular weight excluding hydrogens is 335 g/mol. The average molecular weight is 356 g/mol. The molecule has 1 aromatic carbocycles. The summed E-state index contributed by atoms with van der Waals surface area (Å²) < 4.78 is 21.3. The molecule has 1 aromatic rings. The first-order valence-corrected chi connectivity index (χ1v) is 9.24. The van der Waals surface area contributed by atoms with Gasteiger partial charge in [0.25, 0.3) is 0 Å². The van der Waals surface area contributed by atoms with Crippen molar-refractivity contribution >= 4 is 13.6 Å². The number of rotatable bonds is 6. The lowest BCUT2D eigenvalue weighted by Gasteiger charge is -2.15. The van der Waals surface area contributed by atoms with Crippen LogP contribution in [0.3, 0.4) is 0 Å². The summed E-state index contributed by atoms with van der Waals surface area (Å²) in [4.78, 5) is 29.7. The predicted octanol–water partition coefficient (Wildman–Crippen LogP) is 2.44. The molecule has 24 heavy (non-hydrogen) atoms. The molecule has 3 N–H and O–H groups in total. The van der Waals surface area contributed by atoms with Gasteiger partial charge in [0, 0.05) is 11.1 Å². The fourth-order valence-corrected chi connectivity index (χ4v) is 3.37. The lowest BCUT2D eigenvalue weighted by Crippen LogP contribution is -2.03. The molecule has 0 radical (unpaired) electrons. The van der Waals surface area contributed by atoms with Crippen LogP contribution in [-0.2, 0) is 22.3 Å². The van der Waals surface area contributed by atoms with E-state index < -0.39 is 13.6 Å². The van der Waals surface area contributed by atoms with E-state index in [9.17, 15) is 14.5 Å². The highest BCUT2D eigenvalue weighted by atomic mass is 31.2. The number of ether oxygens (including phenoxy) is 2. The normalized spacial score (nSPS) is 14.5. The van der Waals surface area contributed by atoms with Gasteiger partial charge in [-0.15, -0.1) is 0 Å². The minimum atomic E-state index is -4.04. The van der Waals surface area contributed by atoms with Crippen molar-refractivity contribution in [1.29, 1.82) is 0 Å². The fraction of sp³-hybridized carbons (Fsp3) is 0.438. The highest BCUT2D eigenvalue weighted by Crippen LogP contribution is 2.42. The molecule has 1 aliphatic rings. The third-order valence-corrected chi connectivity index (χ3v) is 4.91. The summed E-state index contributed by atoms with van der Waals surface area (Å²) in [5.41, 5.74) is 2.78. The van der Waals surface area contributed by atoms with E-state index in [0.717, 1.165) is 11.1 Å². The highest BCUT2D eigenvalue weighted by Gasteiger charge is 2.31. The Morgan fingerprint density at radius 2 is 2.08 bits per heavy atom. The van der Waals surface area contributed by atoms with E-state index in [1.165, 1.54) is 7.11 Å². The molecule has 1 aliphatic heterocycles. The minimum Gasteiger partial charge on any atom is -0.507 e. The Labute approximate surface area is 140 Å². The second-order valence-electron chi connectivity index (χ2n) is 5.81. The number of carbonyl (C=O) groups excluding carboxylic acids is 1. The van der Waals surface area contributed by atoms with Gasteiger partial charge < -0.3 is 24.4 Å². The number of allylic oxidation sites excluding steroid dienone is 2. The van der Waals surface area contributed by atoms with Gasteiger partial charge in [-0.1, -0.05) is 11.6 Å². The van der Waals surface area contributed by atoms with Crippen molar-refractivity contribution in [2.45, 2.75) is 33.3 Å². The van der Waals surface area contributed by atoms with Crippen molar-refractivity contribution in [2.24, 2.45) is 0 Å². The molecule has 0 saturated carbocycles. The van der Waals surface area contributed by atoms with Crippen LogP contribution in [0, 0.1) is 6.92 Å². The molecule has 2 rings (SSSR count). The number of phenolic OH excluding ortho intramolecular Hbond substituents is 1. The first kappa shape index (κ1) is 18.5. The number of phenols is 1. The second kappa shape index (κ2) is 6.97. The van der Waals surface area contributed by atoms with E-state index in [-0.39, 0.29) is 36.9 Å². The van der Waals surface area contributed by atoms with Crippen molar-refractivity contribution in [2.75, 3.05) is 13.3 Å². The summed E-state index contributed by atoms with van der Waals surface area (Å²) in [6.45, 7) is 3.67. The van der Waals surface area contributed by atoms with E-state index in [2.05, 4.69) is 0 Å². The highest BCUT2D eigenvalue weighted by molar-refractivity contribution is 7.51. The van der Waals surface area contributed by atoms with Crippen LogP contribution in [0.1, 0.15) is 40.4 Å². The van der Waals surface area contributed by atoms with E-state index in [0.29, 0.717) is 16.9 Å². The molecule has 0 amide bonds. The van der Waals surface area contributed by atoms with Gasteiger partial charge in [-0.3, -0.25) is 4.57 Å². The molecule has 0 unspecified atom stereocenters. The molecule has 1 heterocycles. The first-order valence-electron chi connectivity index (χ1n) is 7.44. The van der Waals surface area contributed by atoms with E-state index in [1.54, 1.807) is 19.9 Å². The van der Waals surface area contributed by atoms with Gasteiger partial charge in [-0.25, -0.2) is 4.79 Å². The van der Waals surface area contributed by atoms with Gasteiger partial charge in [-0.05, 0) is 32.3 Å². The van der Waals surface area contributed by atoms with Crippen molar-refractivity contribution in [3.05, 3.63) is 33.9 Å². The fourth-order valence-electron chi connectivity index (χ4n) is 2.73. The van der Waals surface area contributed by atoms with Gasteiger partial charge in [0.15, 0.2) is 0 Å². The van der Waals surface area contributed by atoms with Gasteiger partial charge in [0.2, 0.25) is 0 Å². The molecule has 0 bridgehead atoms. The number of benzene rings is 1. The Bertz CT molecular complexity index is 746.